The molecular weight excluding hydrogens is 469 g/mol. The number of hydrogen-bond acceptors (Lipinski definition) is 4. The van der Waals surface area contributed by atoms with Gasteiger partial charge in [0.05, 0.1) is 19.8 Å². The largest absolute Gasteiger partial charge is 0.497 e. The average molecular weight is 503 g/mol. The van der Waals surface area contributed by atoms with E-state index in [1.54, 1.807) is 7.11 Å². The Bertz CT molecular complexity index is 654. The van der Waals surface area contributed by atoms with Gasteiger partial charge in [-0.3, -0.25) is 4.99 Å². The highest BCUT2D eigenvalue weighted by Gasteiger charge is 2.59. The van der Waals surface area contributed by atoms with Gasteiger partial charge in [-0.25, -0.2) is 0 Å². The topological polar surface area (TPSA) is 64.1 Å². The van der Waals surface area contributed by atoms with Crippen molar-refractivity contribution >= 4 is 29.9 Å². The molecule has 0 radical (unpaired) electrons. The van der Waals surface area contributed by atoms with Gasteiger partial charge in [-0.05, 0) is 25.5 Å². The maximum atomic E-state index is 5.88. The van der Waals surface area contributed by atoms with Crippen LogP contribution >= 0.6 is 24.0 Å². The van der Waals surface area contributed by atoms with Crippen LogP contribution in [-0.2, 0) is 4.74 Å². The normalized spacial score (nSPS) is 25.1. The van der Waals surface area contributed by atoms with Crippen molar-refractivity contribution in [3.63, 3.8) is 0 Å². The fourth-order valence-electron chi connectivity index (χ4n) is 4.22. The maximum Gasteiger partial charge on any atom is 0.191 e. The van der Waals surface area contributed by atoms with Crippen molar-refractivity contribution in [3.05, 3.63) is 24.3 Å². The number of nitrogens with zero attached hydrogens (tertiary/aromatic N) is 1. The van der Waals surface area contributed by atoms with Gasteiger partial charge in [0, 0.05) is 49.6 Å². The number of aliphatic imine (C=N–C) groups is 1. The summed E-state index contributed by atoms with van der Waals surface area (Å²) in [7, 11) is 1.66. The van der Waals surface area contributed by atoms with Gasteiger partial charge < -0.3 is 24.8 Å². The van der Waals surface area contributed by atoms with E-state index < -0.39 is 0 Å². The van der Waals surface area contributed by atoms with Gasteiger partial charge in [0.15, 0.2) is 5.96 Å². The number of nitrogens with one attached hydrogen (secondary N) is 2. The fourth-order valence-corrected chi connectivity index (χ4v) is 4.22. The van der Waals surface area contributed by atoms with Crippen LogP contribution in [0, 0.1) is 11.3 Å². The molecule has 1 aliphatic carbocycles. The summed E-state index contributed by atoms with van der Waals surface area (Å²) in [5.41, 5.74) is 0.146. The van der Waals surface area contributed by atoms with Crippen LogP contribution in [0.15, 0.2) is 29.3 Å². The highest BCUT2D eigenvalue weighted by Crippen LogP contribution is 2.52. The Labute approximate surface area is 185 Å². The number of methoxy groups -OCH3 is 1. The monoisotopic (exact) mass is 503 g/mol. The van der Waals surface area contributed by atoms with E-state index in [1.807, 2.05) is 24.3 Å². The molecule has 1 heterocycles. The minimum atomic E-state index is 0. The van der Waals surface area contributed by atoms with E-state index in [0.717, 1.165) is 50.0 Å². The predicted molar refractivity (Wildman–Crippen MR) is 123 cm³/mol. The van der Waals surface area contributed by atoms with E-state index in [1.165, 1.54) is 0 Å². The number of fused-ring (bicyclic) bond motifs is 1. The first-order chi connectivity index (χ1) is 13.1. The van der Waals surface area contributed by atoms with E-state index in [0.29, 0.717) is 24.7 Å². The van der Waals surface area contributed by atoms with Crippen LogP contribution in [0.1, 0.15) is 33.6 Å². The summed E-state index contributed by atoms with van der Waals surface area (Å²) >= 11 is 0. The molecule has 1 aromatic rings. The summed E-state index contributed by atoms with van der Waals surface area (Å²) in [6.45, 7) is 9.73. The first kappa shape index (κ1) is 23.1. The minimum Gasteiger partial charge on any atom is -0.497 e. The first-order valence-corrected chi connectivity index (χ1v) is 9.99. The van der Waals surface area contributed by atoms with Gasteiger partial charge in [-0.1, -0.05) is 19.9 Å². The molecule has 0 aromatic heterocycles. The summed E-state index contributed by atoms with van der Waals surface area (Å²) in [6, 6.07) is 8.09. The van der Waals surface area contributed by atoms with Crippen molar-refractivity contribution in [2.75, 3.05) is 33.4 Å². The Balaban J connectivity index is 0.00000280. The molecule has 3 unspecified atom stereocenters. The lowest BCUT2D eigenvalue weighted by Crippen LogP contribution is -2.67. The predicted octanol–water partition coefficient (Wildman–Crippen LogP) is 3.45. The van der Waals surface area contributed by atoms with Gasteiger partial charge in [0.2, 0.25) is 0 Å². The molecule has 2 N–H and O–H groups in total. The van der Waals surface area contributed by atoms with Crippen molar-refractivity contribution in [1.82, 2.24) is 10.6 Å². The third-order valence-electron chi connectivity index (χ3n) is 5.62. The van der Waals surface area contributed by atoms with E-state index in [-0.39, 0.29) is 29.4 Å². The molecule has 3 rings (SSSR count). The molecule has 1 aromatic carbocycles. The first-order valence-electron chi connectivity index (χ1n) is 9.99. The Hall–Kier alpha value is -1.22. The average Bonchev–Trinajstić information content (AvgIpc) is 3.13. The summed E-state index contributed by atoms with van der Waals surface area (Å²) in [5, 5.41) is 7.01. The van der Waals surface area contributed by atoms with Crippen molar-refractivity contribution in [3.8, 4) is 11.5 Å². The van der Waals surface area contributed by atoms with E-state index >= 15 is 0 Å². The SMILES string of the molecule is CCNC(=NCCCOc1cccc(OC)c1)NC1C2CCOC2C1(C)C.I. The molecule has 1 saturated heterocycles. The van der Waals surface area contributed by atoms with Crippen LogP contribution in [0.3, 0.4) is 0 Å². The van der Waals surface area contributed by atoms with E-state index in [9.17, 15) is 0 Å². The molecule has 3 atom stereocenters. The number of halogens is 1. The minimum absolute atomic E-state index is 0. The van der Waals surface area contributed by atoms with Gasteiger partial charge in [-0.15, -0.1) is 24.0 Å². The smallest absolute Gasteiger partial charge is 0.191 e. The Morgan fingerprint density at radius 2 is 2.11 bits per heavy atom. The number of hydrogen-bond donors (Lipinski definition) is 2. The standard InChI is InChI=1S/C21H33N3O3.HI/c1-5-22-20(24-18-17-10-13-27-19(17)21(18,2)3)23-11-7-12-26-16-9-6-8-15(14-16)25-4;/h6,8-9,14,17-19H,5,7,10-13H2,1-4H3,(H2,22,23,24);1H. The van der Waals surface area contributed by atoms with Crippen molar-refractivity contribution < 1.29 is 14.2 Å². The third kappa shape index (κ3) is 5.23. The van der Waals surface area contributed by atoms with Gasteiger partial charge in [0.1, 0.15) is 11.5 Å². The zero-order chi connectivity index (χ0) is 19.3. The van der Waals surface area contributed by atoms with Gasteiger partial charge in [0.25, 0.3) is 0 Å². The molecule has 1 saturated carbocycles. The van der Waals surface area contributed by atoms with Gasteiger partial charge >= 0.3 is 0 Å². The molecule has 7 heteroatoms. The molecule has 0 bridgehead atoms. The third-order valence-corrected chi connectivity index (χ3v) is 5.62. The fraction of sp³-hybridized carbons (Fsp3) is 0.667. The number of guanidine groups is 1. The maximum absolute atomic E-state index is 5.88. The zero-order valence-electron chi connectivity index (χ0n) is 17.4. The summed E-state index contributed by atoms with van der Waals surface area (Å²) < 4.78 is 16.9. The Morgan fingerprint density at radius 3 is 2.86 bits per heavy atom. The van der Waals surface area contributed by atoms with Crippen molar-refractivity contribution in [2.24, 2.45) is 16.3 Å². The van der Waals surface area contributed by atoms with Crippen molar-refractivity contribution in [2.45, 2.75) is 45.8 Å². The molecule has 2 fully saturated rings. The second-order valence-electron chi connectivity index (χ2n) is 7.83. The number of benzene rings is 1. The summed E-state index contributed by atoms with van der Waals surface area (Å²) in [6.07, 6.45) is 2.38. The lowest BCUT2D eigenvalue weighted by Gasteiger charge is -2.54. The molecule has 28 heavy (non-hydrogen) atoms. The quantitative estimate of drug-likeness (QED) is 0.246. The molecule has 1 aliphatic heterocycles. The molecular formula is C21H34IN3O3. The summed E-state index contributed by atoms with van der Waals surface area (Å²) in [4.78, 5) is 4.73. The van der Waals surface area contributed by atoms with Crippen LogP contribution in [0.25, 0.3) is 0 Å². The number of rotatable bonds is 8. The molecule has 0 spiro atoms. The Morgan fingerprint density at radius 1 is 1.32 bits per heavy atom. The molecule has 6 nitrogen and oxygen atoms in total. The highest BCUT2D eigenvalue weighted by molar-refractivity contribution is 14.0. The second-order valence-corrected chi connectivity index (χ2v) is 7.83. The van der Waals surface area contributed by atoms with Crippen LogP contribution < -0.4 is 20.1 Å². The molecule has 158 valence electrons. The summed E-state index contributed by atoms with van der Waals surface area (Å²) in [5.74, 6) is 3.12. The van der Waals surface area contributed by atoms with Crippen LogP contribution in [0.4, 0.5) is 0 Å². The number of ether oxygens (including phenoxy) is 3. The lowest BCUT2D eigenvalue weighted by atomic mass is 9.57. The molecule has 0 amide bonds. The van der Waals surface area contributed by atoms with E-state index in [4.69, 9.17) is 19.2 Å². The highest BCUT2D eigenvalue weighted by atomic mass is 127. The molecule has 2 aliphatic rings. The second kappa shape index (κ2) is 10.5. The van der Waals surface area contributed by atoms with Gasteiger partial charge in [-0.2, -0.15) is 0 Å². The van der Waals surface area contributed by atoms with E-state index in [2.05, 4.69) is 31.4 Å². The zero-order valence-corrected chi connectivity index (χ0v) is 19.7. The van der Waals surface area contributed by atoms with Crippen molar-refractivity contribution in [1.29, 1.82) is 0 Å². The lowest BCUT2D eigenvalue weighted by molar-refractivity contribution is -0.106. The Kier molecular flexibility index (Phi) is 8.67. The van der Waals surface area contributed by atoms with Crippen LogP contribution in [0.5, 0.6) is 11.5 Å². The van der Waals surface area contributed by atoms with Crippen LogP contribution in [-0.4, -0.2) is 51.5 Å². The van der Waals surface area contributed by atoms with Crippen LogP contribution in [0.2, 0.25) is 0 Å².